The van der Waals surface area contributed by atoms with Crippen LogP contribution in [-0.2, 0) is 4.74 Å². The van der Waals surface area contributed by atoms with Crippen LogP contribution in [0.3, 0.4) is 0 Å². The molecule has 1 saturated carbocycles. The molecule has 1 N–H and O–H groups in total. The summed E-state index contributed by atoms with van der Waals surface area (Å²) in [6.07, 6.45) is 8.12. The Morgan fingerprint density at radius 1 is 1.17 bits per heavy atom. The van der Waals surface area contributed by atoms with Crippen molar-refractivity contribution in [3.05, 3.63) is 24.3 Å². The SMILES string of the molecule is Oc1ccc(SCC2CCC3(CCCC3)O2)cc1. The van der Waals surface area contributed by atoms with Crippen LogP contribution in [0, 0.1) is 0 Å². The lowest BCUT2D eigenvalue weighted by atomic mass is 9.98. The number of thioether (sulfide) groups is 1. The third-order valence-electron chi connectivity index (χ3n) is 4.13. The molecule has 0 amide bonds. The van der Waals surface area contributed by atoms with Gasteiger partial charge in [0.1, 0.15) is 5.75 Å². The molecule has 1 aromatic carbocycles. The standard InChI is InChI=1S/C15H20O2S/c16-12-3-5-14(6-4-12)18-11-13-7-10-15(17-13)8-1-2-9-15/h3-6,13,16H,1-2,7-11H2. The summed E-state index contributed by atoms with van der Waals surface area (Å²) in [4.78, 5) is 1.21. The van der Waals surface area contributed by atoms with Crippen molar-refractivity contribution in [2.45, 2.75) is 55.1 Å². The fourth-order valence-electron chi connectivity index (χ4n) is 3.13. The van der Waals surface area contributed by atoms with Gasteiger partial charge in [-0.1, -0.05) is 12.8 Å². The van der Waals surface area contributed by atoms with Crippen LogP contribution in [0.15, 0.2) is 29.2 Å². The van der Waals surface area contributed by atoms with E-state index in [1.807, 2.05) is 23.9 Å². The average Bonchev–Trinajstić information content (AvgIpc) is 3.00. The number of phenols is 1. The Hall–Kier alpha value is -0.670. The third kappa shape index (κ3) is 2.67. The summed E-state index contributed by atoms with van der Waals surface area (Å²) < 4.78 is 6.29. The second-order valence-electron chi connectivity index (χ2n) is 5.47. The van der Waals surface area contributed by atoms with Gasteiger partial charge in [0.05, 0.1) is 11.7 Å². The summed E-state index contributed by atoms with van der Waals surface area (Å²) in [5.41, 5.74) is 0.250. The quantitative estimate of drug-likeness (QED) is 0.837. The summed E-state index contributed by atoms with van der Waals surface area (Å²) in [7, 11) is 0. The summed E-state index contributed by atoms with van der Waals surface area (Å²) in [5.74, 6) is 1.37. The van der Waals surface area contributed by atoms with E-state index in [4.69, 9.17) is 4.74 Å². The van der Waals surface area contributed by atoms with Crippen LogP contribution in [-0.4, -0.2) is 22.6 Å². The van der Waals surface area contributed by atoms with Crippen molar-refractivity contribution in [2.75, 3.05) is 5.75 Å². The molecule has 1 unspecified atom stereocenters. The van der Waals surface area contributed by atoms with E-state index >= 15 is 0 Å². The molecular formula is C15H20O2S. The summed E-state index contributed by atoms with van der Waals surface area (Å²) in [6, 6.07) is 7.44. The molecule has 2 nitrogen and oxygen atoms in total. The van der Waals surface area contributed by atoms with E-state index in [0.29, 0.717) is 11.9 Å². The average molecular weight is 264 g/mol. The molecule has 1 aromatic rings. The molecule has 1 saturated heterocycles. The molecule has 0 radical (unpaired) electrons. The van der Waals surface area contributed by atoms with Crippen LogP contribution in [0.5, 0.6) is 5.75 Å². The van der Waals surface area contributed by atoms with Crippen molar-refractivity contribution in [1.29, 1.82) is 0 Å². The van der Waals surface area contributed by atoms with Crippen LogP contribution in [0.25, 0.3) is 0 Å². The van der Waals surface area contributed by atoms with Gasteiger partial charge in [0.2, 0.25) is 0 Å². The van der Waals surface area contributed by atoms with Crippen molar-refractivity contribution in [1.82, 2.24) is 0 Å². The van der Waals surface area contributed by atoms with Crippen LogP contribution in [0.1, 0.15) is 38.5 Å². The van der Waals surface area contributed by atoms with Crippen LogP contribution in [0.2, 0.25) is 0 Å². The highest BCUT2D eigenvalue weighted by Gasteiger charge is 2.41. The maximum absolute atomic E-state index is 9.24. The molecule has 18 heavy (non-hydrogen) atoms. The fraction of sp³-hybridized carbons (Fsp3) is 0.600. The second kappa shape index (κ2) is 5.14. The Morgan fingerprint density at radius 3 is 2.61 bits per heavy atom. The number of benzene rings is 1. The van der Waals surface area contributed by atoms with Gasteiger partial charge in [0, 0.05) is 10.6 Å². The predicted molar refractivity (Wildman–Crippen MR) is 74.1 cm³/mol. The fourth-order valence-corrected chi connectivity index (χ4v) is 4.07. The molecule has 3 heteroatoms. The largest absolute Gasteiger partial charge is 0.508 e. The van der Waals surface area contributed by atoms with E-state index in [1.54, 1.807) is 12.1 Å². The highest BCUT2D eigenvalue weighted by molar-refractivity contribution is 7.99. The highest BCUT2D eigenvalue weighted by Crippen LogP contribution is 2.44. The third-order valence-corrected chi connectivity index (χ3v) is 5.27. The number of aromatic hydroxyl groups is 1. The summed E-state index contributed by atoms with van der Waals surface area (Å²) >= 11 is 1.83. The van der Waals surface area contributed by atoms with E-state index in [9.17, 15) is 5.11 Å². The Labute approximate surface area is 113 Å². The van der Waals surface area contributed by atoms with Gasteiger partial charge in [-0.05, 0) is 49.9 Å². The van der Waals surface area contributed by atoms with E-state index in [2.05, 4.69) is 0 Å². The van der Waals surface area contributed by atoms with Gasteiger partial charge in [-0.3, -0.25) is 0 Å². The van der Waals surface area contributed by atoms with Gasteiger partial charge in [-0.25, -0.2) is 0 Å². The van der Waals surface area contributed by atoms with Crippen LogP contribution >= 0.6 is 11.8 Å². The van der Waals surface area contributed by atoms with Gasteiger partial charge in [0.15, 0.2) is 0 Å². The Bertz CT molecular complexity index is 395. The van der Waals surface area contributed by atoms with Crippen LogP contribution in [0.4, 0.5) is 0 Å². The van der Waals surface area contributed by atoms with Gasteiger partial charge >= 0.3 is 0 Å². The maximum atomic E-state index is 9.24. The first kappa shape index (κ1) is 12.4. The van der Waals surface area contributed by atoms with Gasteiger partial charge in [-0.15, -0.1) is 11.8 Å². The van der Waals surface area contributed by atoms with Crippen molar-refractivity contribution in [3.63, 3.8) is 0 Å². The lowest BCUT2D eigenvalue weighted by Crippen LogP contribution is -2.25. The van der Waals surface area contributed by atoms with E-state index in [0.717, 1.165) is 5.75 Å². The molecular weight excluding hydrogens is 244 g/mol. The van der Waals surface area contributed by atoms with Crippen molar-refractivity contribution in [3.8, 4) is 5.75 Å². The van der Waals surface area contributed by atoms with E-state index in [1.165, 1.54) is 43.4 Å². The number of hydrogen-bond acceptors (Lipinski definition) is 3. The number of rotatable bonds is 3. The molecule has 1 heterocycles. The Morgan fingerprint density at radius 2 is 1.89 bits per heavy atom. The lowest BCUT2D eigenvalue weighted by molar-refractivity contribution is -0.0267. The number of hydrogen-bond donors (Lipinski definition) is 1. The van der Waals surface area contributed by atoms with Crippen molar-refractivity contribution >= 4 is 11.8 Å². The highest BCUT2D eigenvalue weighted by atomic mass is 32.2. The van der Waals surface area contributed by atoms with Gasteiger partial charge in [-0.2, -0.15) is 0 Å². The lowest BCUT2D eigenvalue weighted by Gasteiger charge is -2.23. The van der Waals surface area contributed by atoms with Crippen molar-refractivity contribution in [2.24, 2.45) is 0 Å². The molecule has 0 bridgehead atoms. The van der Waals surface area contributed by atoms with Gasteiger partial charge in [0.25, 0.3) is 0 Å². The zero-order chi connectivity index (χ0) is 12.4. The normalized spacial score (nSPS) is 25.9. The molecule has 2 fully saturated rings. The van der Waals surface area contributed by atoms with Crippen molar-refractivity contribution < 1.29 is 9.84 Å². The maximum Gasteiger partial charge on any atom is 0.115 e. The predicted octanol–water partition coefficient (Wildman–Crippen LogP) is 3.98. The molecule has 0 aromatic heterocycles. The van der Waals surface area contributed by atoms with Gasteiger partial charge < -0.3 is 9.84 Å². The molecule has 1 aliphatic heterocycles. The van der Waals surface area contributed by atoms with Crippen LogP contribution < -0.4 is 0 Å². The number of ether oxygens (including phenoxy) is 1. The van der Waals surface area contributed by atoms with E-state index < -0.39 is 0 Å². The molecule has 3 rings (SSSR count). The summed E-state index contributed by atoms with van der Waals surface area (Å²) in [6.45, 7) is 0. The summed E-state index contributed by atoms with van der Waals surface area (Å²) in [5, 5.41) is 9.24. The zero-order valence-electron chi connectivity index (χ0n) is 10.6. The Kier molecular flexibility index (Phi) is 3.53. The monoisotopic (exact) mass is 264 g/mol. The molecule has 98 valence electrons. The molecule has 1 spiro atoms. The van der Waals surface area contributed by atoms with E-state index in [-0.39, 0.29) is 5.60 Å². The minimum atomic E-state index is 0.250. The Balaban J connectivity index is 1.51. The molecule has 1 atom stereocenters. The first-order valence-electron chi connectivity index (χ1n) is 6.85. The number of phenolic OH excluding ortho intramolecular Hbond substituents is 1. The smallest absolute Gasteiger partial charge is 0.115 e. The minimum absolute atomic E-state index is 0.250. The first-order valence-corrected chi connectivity index (χ1v) is 7.84. The molecule has 1 aliphatic carbocycles. The minimum Gasteiger partial charge on any atom is -0.508 e. The first-order chi connectivity index (χ1) is 8.76. The topological polar surface area (TPSA) is 29.5 Å². The second-order valence-corrected chi connectivity index (χ2v) is 6.57. The molecule has 2 aliphatic rings. The zero-order valence-corrected chi connectivity index (χ0v) is 11.4.